The number of aromatic amines is 1. The number of piperazine rings is 1. The van der Waals surface area contributed by atoms with Gasteiger partial charge in [-0.05, 0) is 42.9 Å². The zero-order valence-electron chi connectivity index (χ0n) is 16.5. The molecule has 0 bridgehead atoms. The molecule has 1 fully saturated rings. The van der Waals surface area contributed by atoms with Crippen LogP contribution in [0.1, 0.15) is 21.5 Å². The maximum atomic E-state index is 12.6. The fourth-order valence-corrected chi connectivity index (χ4v) is 3.50. The number of amides is 1. The Morgan fingerprint density at radius 2 is 1.80 bits per heavy atom. The number of aromatic nitrogens is 2. The van der Waals surface area contributed by atoms with E-state index in [2.05, 4.69) is 32.4 Å². The van der Waals surface area contributed by atoms with Crippen molar-refractivity contribution in [3.05, 3.63) is 59.2 Å². The highest BCUT2D eigenvalue weighted by Gasteiger charge is 2.29. The van der Waals surface area contributed by atoms with Crippen LogP contribution in [0.2, 0.25) is 0 Å². The number of nitrogens with zero attached hydrogens (tertiary/aromatic N) is 3. The summed E-state index contributed by atoms with van der Waals surface area (Å²) in [5.74, 6) is 0.586. The van der Waals surface area contributed by atoms with E-state index in [4.69, 9.17) is 0 Å². The Balaban J connectivity index is 1.42. The topological polar surface area (TPSA) is 64.3 Å². The second-order valence-corrected chi connectivity index (χ2v) is 7.48. The van der Waals surface area contributed by atoms with Gasteiger partial charge in [0, 0.05) is 43.7 Å². The van der Waals surface area contributed by atoms with Crippen LogP contribution in [-0.2, 0) is 12.7 Å². The summed E-state index contributed by atoms with van der Waals surface area (Å²) in [6, 6.07) is 10.1. The third kappa shape index (κ3) is 4.25. The SMILES string of the molecule is CN1CCN(c2n[nH]c3cc(C(=O)NCc4ccc(C(F)(F)F)cc4)ccc23)CC1. The maximum absolute atomic E-state index is 12.6. The van der Waals surface area contributed by atoms with Crippen molar-refractivity contribution < 1.29 is 18.0 Å². The highest BCUT2D eigenvalue weighted by atomic mass is 19.4. The standard InChI is InChI=1S/C21H22F3N5O/c1-28-8-10-29(11-9-28)19-17-7-4-15(12-18(17)26-27-19)20(30)25-13-14-2-5-16(6-3-14)21(22,23)24/h2-7,12H,8-11,13H2,1H3,(H,25,30)(H,26,27). The molecule has 0 spiro atoms. The quantitative estimate of drug-likeness (QED) is 0.684. The lowest BCUT2D eigenvalue weighted by atomic mass is 10.1. The minimum Gasteiger partial charge on any atom is -0.352 e. The number of rotatable bonds is 4. The van der Waals surface area contributed by atoms with Crippen LogP contribution in [0.4, 0.5) is 19.0 Å². The van der Waals surface area contributed by atoms with E-state index in [1.807, 2.05) is 6.07 Å². The van der Waals surface area contributed by atoms with E-state index in [9.17, 15) is 18.0 Å². The fourth-order valence-electron chi connectivity index (χ4n) is 3.50. The van der Waals surface area contributed by atoms with Gasteiger partial charge in [0.2, 0.25) is 0 Å². The smallest absolute Gasteiger partial charge is 0.352 e. The van der Waals surface area contributed by atoms with Gasteiger partial charge >= 0.3 is 6.18 Å². The summed E-state index contributed by atoms with van der Waals surface area (Å²) in [7, 11) is 2.09. The van der Waals surface area contributed by atoms with Gasteiger partial charge in [0.1, 0.15) is 0 Å². The van der Waals surface area contributed by atoms with E-state index in [-0.39, 0.29) is 12.5 Å². The molecule has 4 rings (SSSR count). The van der Waals surface area contributed by atoms with Gasteiger partial charge in [-0.3, -0.25) is 9.89 Å². The number of halogens is 3. The zero-order valence-corrected chi connectivity index (χ0v) is 16.5. The molecule has 6 nitrogen and oxygen atoms in total. The van der Waals surface area contributed by atoms with Crippen molar-refractivity contribution in [2.75, 3.05) is 38.1 Å². The Morgan fingerprint density at radius 1 is 1.10 bits per heavy atom. The Hall–Kier alpha value is -3.07. The van der Waals surface area contributed by atoms with Gasteiger partial charge in [0.25, 0.3) is 5.91 Å². The normalized spacial score (nSPS) is 15.5. The summed E-state index contributed by atoms with van der Waals surface area (Å²) >= 11 is 0. The Bertz CT molecular complexity index is 1040. The van der Waals surface area contributed by atoms with E-state index in [0.717, 1.165) is 55.0 Å². The number of carbonyl (C=O) groups is 1. The number of alkyl halides is 3. The average molecular weight is 417 g/mol. The number of hydrogen-bond donors (Lipinski definition) is 2. The summed E-state index contributed by atoms with van der Waals surface area (Å²) < 4.78 is 37.9. The van der Waals surface area contributed by atoms with Gasteiger partial charge in [-0.15, -0.1) is 0 Å². The molecule has 0 atom stereocenters. The zero-order chi connectivity index (χ0) is 21.3. The van der Waals surface area contributed by atoms with Crippen molar-refractivity contribution in [3.8, 4) is 0 Å². The molecule has 2 aromatic carbocycles. The van der Waals surface area contributed by atoms with Gasteiger partial charge in [0.05, 0.1) is 11.1 Å². The summed E-state index contributed by atoms with van der Waals surface area (Å²) in [6.07, 6.45) is -4.37. The second-order valence-electron chi connectivity index (χ2n) is 7.48. The first kappa shape index (κ1) is 20.2. The molecule has 3 aromatic rings. The summed E-state index contributed by atoms with van der Waals surface area (Å²) in [4.78, 5) is 17.0. The Labute approximate surface area is 171 Å². The predicted octanol–water partition coefficient (Wildman–Crippen LogP) is 3.26. The molecule has 0 aliphatic carbocycles. The van der Waals surface area contributed by atoms with E-state index < -0.39 is 11.7 Å². The van der Waals surface area contributed by atoms with Gasteiger partial charge in [-0.2, -0.15) is 18.3 Å². The number of likely N-dealkylation sites (N-methyl/N-ethyl adjacent to an activating group) is 1. The van der Waals surface area contributed by atoms with Crippen LogP contribution in [0.25, 0.3) is 10.9 Å². The van der Waals surface area contributed by atoms with Crippen molar-refractivity contribution in [2.24, 2.45) is 0 Å². The molecule has 9 heteroatoms. The molecule has 0 unspecified atom stereocenters. The fraction of sp³-hybridized carbons (Fsp3) is 0.333. The van der Waals surface area contributed by atoms with Crippen molar-refractivity contribution >= 4 is 22.6 Å². The highest BCUT2D eigenvalue weighted by molar-refractivity contribution is 6.00. The molecule has 0 saturated carbocycles. The molecule has 1 saturated heterocycles. The van der Waals surface area contributed by atoms with Crippen molar-refractivity contribution in [1.29, 1.82) is 0 Å². The monoisotopic (exact) mass is 417 g/mol. The number of fused-ring (bicyclic) bond motifs is 1. The van der Waals surface area contributed by atoms with Crippen LogP contribution in [0.5, 0.6) is 0 Å². The summed E-state index contributed by atoms with van der Waals surface area (Å²) in [6.45, 7) is 3.87. The first-order valence-corrected chi connectivity index (χ1v) is 9.67. The van der Waals surface area contributed by atoms with Crippen molar-refractivity contribution in [3.63, 3.8) is 0 Å². The number of H-pyrrole nitrogens is 1. The van der Waals surface area contributed by atoms with Gasteiger partial charge in [-0.25, -0.2) is 0 Å². The Kier molecular flexibility index (Phi) is 5.38. The van der Waals surface area contributed by atoms with Gasteiger partial charge in [-0.1, -0.05) is 12.1 Å². The molecule has 30 heavy (non-hydrogen) atoms. The number of nitrogens with one attached hydrogen (secondary N) is 2. The lowest BCUT2D eigenvalue weighted by Crippen LogP contribution is -2.44. The van der Waals surface area contributed by atoms with Crippen LogP contribution in [0.15, 0.2) is 42.5 Å². The lowest BCUT2D eigenvalue weighted by molar-refractivity contribution is -0.137. The molecular formula is C21H22F3N5O. The largest absolute Gasteiger partial charge is 0.416 e. The van der Waals surface area contributed by atoms with E-state index >= 15 is 0 Å². The second kappa shape index (κ2) is 7.98. The molecule has 1 amide bonds. The van der Waals surface area contributed by atoms with Crippen LogP contribution in [-0.4, -0.2) is 54.2 Å². The molecule has 158 valence electrons. The lowest BCUT2D eigenvalue weighted by Gasteiger charge is -2.32. The number of anilines is 1. The van der Waals surface area contributed by atoms with Crippen LogP contribution < -0.4 is 10.2 Å². The first-order chi connectivity index (χ1) is 14.3. The predicted molar refractivity (Wildman–Crippen MR) is 108 cm³/mol. The van der Waals surface area contributed by atoms with Crippen molar-refractivity contribution in [2.45, 2.75) is 12.7 Å². The van der Waals surface area contributed by atoms with E-state index in [1.165, 1.54) is 12.1 Å². The van der Waals surface area contributed by atoms with E-state index in [1.54, 1.807) is 12.1 Å². The van der Waals surface area contributed by atoms with Crippen LogP contribution in [0, 0.1) is 0 Å². The summed E-state index contributed by atoms with van der Waals surface area (Å²) in [5, 5.41) is 11.1. The molecule has 2 heterocycles. The van der Waals surface area contributed by atoms with E-state index in [0.29, 0.717) is 11.1 Å². The molecule has 1 aliphatic heterocycles. The molecule has 2 N–H and O–H groups in total. The molecule has 0 radical (unpaired) electrons. The number of carbonyl (C=O) groups excluding carboxylic acids is 1. The maximum Gasteiger partial charge on any atom is 0.416 e. The molecule has 1 aromatic heterocycles. The number of hydrogen-bond acceptors (Lipinski definition) is 4. The Morgan fingerprint density at radius 3 is 2.47 bits per heavy atom. The third-order valence-electron chi connectivity index (χ3n) is 5.34. The van der Waals surface area contributed by atoms with Crippen molar-refractivity contribution in [1.82, 2.24) is 20.4 Å². The average Bonchev–Trinajstić information content (AvgIpc) is 3.15. The third-order valence-corrected chi connectivity index (χ3v) is 5.34. The first-order valence-electron chi connectivity index (χ1n) is 9.67. The van der Waals surface area contributed by atoms with Gasteiger partial charge < -0.3 is 15.1 Å². The minimum absolute atomic E-state index is 0.143. The summed E-state index contributed by atoms with van der Waals surface area (Å²) in [5.41, 5.74) is 1.11. The minimum atomic E-state index is -4.37. The molecular weight excluding hydrogens is 395 g/mol. The number of benzene rings is 2. The van der Waals surface area contributed by atoms with Crippen LogP contribution >= 0.6 is 0 Å². The highest BCUT2D eigenvalue weighted by Crippen LogP contribution is 2.29. The van der Waals surface area contributed by atoms with Gasteiger partial charge in [0.15, 0.2) is 5.82 Å². The van der Waals surface area contributed by atoms with Crippen LogP contribution in [0.3, 0.4) is 0 Å². The molecule has 1 aliphatic rings.